The first-order valence-corrected chi connectivity index (χ1v) is 6.90. The number of hydrogen-bond acceptors (Lipinski definition) is 1. The van der Waals surface area contributed by atoms with Crippen LogP contribution in [-0.4, -0.2) is 12.6 Å². The van der Waals surface area contributed by atoms with Gasteiger partial charge in [0, 0.05) is 6.04 Å². The normalized spacial score (nSPS) is 23.0. The third-order valence-corrected chi connectivity index (χ3v) is 3.93. The first kappa shape index (κ1) is 13.0. The van der Waals surface area contributed by atoms with Crippen LogP contribution in [0.15, 0.2) is 0 Å². The number of unbranched alkanes of at least 4 members (excludes halogenated alkanes) is 3. The highest BCUT2D eigenvalue weighted by molar-refractivity contribution is 4.86. The van der Waals surface area contributed by atoms with Crippen molar-refractivity contribution in [3.05, 3.63) is 0 Å². The minimum absolute atomic E-state index is 0.508. The van der Waals surface area contributed by atoms with E-state index in [1.54, 1.807) is 0 Å². The van der Waals surface area contributed by atoms with Crippen LogP contribution in [0.5, 0.6) is 0 Å². The van der Waals surface area contributed by atoms with Crippen LogP contribution < -0.4 is 5.32 Å². The molecule has 1 saturated heterocycles. The van der Waals surface area contributed by atoms with Gasteiger partial charge in [-0.05, 0) is 31.2 Å². The van der Waals surface area contributed by atoms with E-state index in [1.165, 1.54) is 57.9 Å². The Morgan fingerprint density at radius 3 is 2.53 bits per heavy atom. The van der Waals surface area contributed by atoms with Crippen LogP contribution in [0.4, 0.5) is 0 Å². The molecule has 15 heavy (non-hydrogen) atoms. The van der Waals surface area contributed by atoms with E-state index in [2.05, 4.69) is 26.1 Å². The Kier molecular flexibility index (Phi) is 5.66. The molecule has 1 aliphatic rings. The van der Waals surface area contributed by atoms with Crippen LogP contribution in [0, 0.1) is 5.41 Å². The summed E-state index contributed by atoms with van der Waals surface area (Å²) in [5, 5.41) is 3.70. The minimum Gasteiger partial charge on any atom is -0.313 e. The molecule has 1 atom stereocenters. The SMILES string of the molecule is CCCCCCC(C)(C)C1CCCCN1. The first-order valence-electron chi connectivity index (χ1n) is 6.90. The molecule has 1 heterocycles. The van der Waals surface area contributed by atoms with E-state index < -0.39 is 0 Å². The molecule has 1 rings (SSSR count). The second kappa shape index (κ2) is 6.52. The van der Waals surface area contributed by atoms with E-state index in [1.807, 2.05) is 0 Å². The van der Waals surface area contributed by atoms with E-state index in [4.69, 9.17) is 0 Å². The Bertz CT molecular complexity index is 157. The molecule has 1 aliphatic heterocycles. The van der Waals surface area contributed by atoms with Crippen LogP contribution in [0.25, 0.3) is 0 Å². The Labute approximate surface area is 96.0 Å². The van der Waals surface area contributed by atoms with Crippen LogP contribution in [0.1, 0.15) is 72.1 Å². The van der Waals surface area contributed by atoms with Crippen molar-refractivity contribution in [3.63, 3.8) is 0 Å². The Balaban J connectivity index is 2.23. The molecule has 0 radical (unpaired) electrons. The lowest BCUT2D eigenvalue weighted by Crippen LogP contribution is -2.44. The Morgan fingerprint density at radius 2 is 1.93 bits per heavy atom. The summed E-state index contributed by atoms with van der Waals surface area (Å²) in [4.78, 5) is 0. The van der Waals surface area contributed by atoms with Crippen molar-refractivity contribution in [1.82, 2.24) is 5.32 Å². The monoisotopic (exact) mass is 211 g/mol. The molecule has 0 saturated carbocycles. The van der Waals surface area contributed by atoms with Gasteiger partial charge in [0.15, 0.2) is 0 Å². The number of hydrogen-bond donors (Lipinski definition) is 1. The quantitative estimate of drug-likeness (QED) is 0.652. The predicted octanol–water partition coefficient (Wildman–Crippen LogP) is 4.13. The maximum atomic E-state index is 3.70. The van der Waals surface area contributed by atoms with Crippen LogP contribution in [0.3, 0.4) is 0 Å². The van der Waals surface area contributed by atoms with Gasteiger partial charge in [0.05, 0.1) is 0 Å². The summed E-state index contributed by atoms with van der Waals surface area (Å²) in [6, 6.07) is 0.771. The molecule has 0 spiro atoms. The van der Waals surface area contributed by atoms with Crippen molar-refractivity contribution >= 4 is 0 Å². The van der Waals surface area contributed by atoms with Crippen LogP contribution in [-0.2, 0) is 0 Å². The van der Waals surface area contributed by atoms with Crippen molar-refractivity contribution in [3.8, 4) is 0 Å². The molecule has 0 amide bonds. The van der Waals surface area contributed by atoms with Crippen molar-refractivity contribution in [1.29, 1.82) is 0 Å². The lowest BCUT2D eigenvalue weighted by Gasteiger charge is -2.38. The Morgan fingerprint density at radius 1 is 1.13 bits per heavy atom. The number of rotatable bonds is 6. The zero-order chi connectivity index (χ0) is 11.1. The van der Waals surface area contributed by atoms with Gasteiger partial charge in [0.25, 0.3) is 0 Å². The fourth-order valence-corrected chi connectivity index (χ4v) is 2.70. The standard InChI is InChI=1S/C14H29N/c1-4-5-6-8-11-14(2,3)13-10-7-9-12-15-13/h13,15H,4-12H2,1-3H3. The molecule has 1 fully saturated rings. The third-order valence-electron chi connectivity index (χ3n) is 3.93. The zero-order valence-electron chi connectivity index (χ0n) is 10.9. The van der Waals surface area contributed by atoms with Gasteiger partial charge in [-0.15, -0.1) is 0 Å². The van der Waals surface area contributed by atoms with Gasteiger partial charge in [-0.25, -0.2) is 0 Å². The summed E-state index contributed by atoms with van der Waals surface area (Å²) >= 11 is 0. The van der Waals surface area contributed by atoms with Gasteiger partial charge in [0.1, 0.15) is 0 Å². The summed E-state index contributed by atoms with van der Waals surface area (Å²) in [6.45, 7) is 8.42. The molecule has 1 heteroatoms. The predicted molar refractivity (Wildman–Crippen MR) is 68.2 cm³/mol. The summed E-state index contributed by atoms with van der Waals surface area (Å²) in [6.07, 6.45) is 11.2. The summed E-state index contributed by atoms with van der Waals surface area (Å²) in [5.74, 6) is 0. The fraction of sp³-hybridized carbons (Fsp3) is 1.00. The largest absolute Gasteiger partial charge is 0.313 e. The molecule has 1 unspecified atom stereocenters. The van der Waals surface area contributed by atoms with E-state index in [-0.39, 0.29) is 0 Å². The maximum Gasteiger partial charge on any atom is 0.0118 e. The molecule has 0 bridgehead atoms. The second-order valence-electron chi connectivity index (χ2n) is 5.80. The lowest BCUT2D eigenvalue weighted by molar-refractivity contribution is 0.184. The van der Waals surface area contributed by atoms with E-state index in [0.717, 1.165) is 6.04 Å². The zero-order valence-corrected chi connectivity index (χ0v) is 10.9. The number of nitrogens with one attached hydrogen (secondary N) is 1. The van der Waals surface area contributed by atoms with Crippen LogP contribution >= 0.6 is 0 Å². The van der Waals surface area contributed by atoms with Crippen molar-refractivity contribution < 1.29 is 0 Å². The van der Waals surface area contributed by atoms with Gasteiger partial charge < -0.3 is 5.32 Å². The van der Waals surface area contributed by atoms with E-state index in [9.17, 15) is 0 Å². The molecule has 90 valence electrons. The molecular formula is C14H29N. The topological polar surface area (TPSA) is 12.0 Å². The lowest BCUT2D eigenvalue weighted by atomic mass is 9.76. The smallest absolute Gasteiger partial charge is 0.0118 e. The third kappa shape index (κ3) is 4.55. The average Bonchev–Trinajstić information content (AvgIpc) is 2.26. The highest BCUT2D eigenvalue weighted by Crippen LogP contribution is 2.32. The average molecular weight is 211 g/mol. The molecule has 0 aromatic rings. The summed E-state index contributed by atoms with van der Waals surface area (Å²) < 4.78 is 0. The maximum absolute atomic E-state index is 3.70. The van der Waals surface area contributed by atoms with Gasteiger partial charge in [0.2, 0.25) is 0 Å². The summed E-state index contributed by atoms with van der Waals surface area (Å²) in [5.41, 5.74) is 0.508. The first-order chi connectivity index (χ1) is 7.17. The number of piperidine rings is 1. The second-order valence-corrected chi connectivity index (χ2v) is 5.80. The highest BCUT2D eigenvalue weighted by atomic mass is 14.9. The molecule has 1 N–H and O–H groups in total. The van der Waals surface area contributed by atoms with Crippen molar-refractivity contribution in [2.24, 2.45) is 5.41 Å². The summed E-state index contributed by atoms with van der Waals surface area (Å²) in [7, 11) is 0. The van der Waals surface area contributed by atoms with Gasteiger partial charge >= 0.3 is 0 Å². The highest BCUT2D eigenvalue weighted by Gasteiger charge is 2.29. The molecule has 0 aromatic carbocycles. The van der Waals surface area contributed by atoms with Gasteiger partial charge in [-0.1, -0.05) is 52.9 Å². The van der Waals surface area contributed by atoms with Crippen molar-refractivity contribution in [2.45, 2.75) is 78.2 Å². The van der Waals surface area contributed by atoms with Crippen LogP contribution in [0.2, 0.25) is 0 Å². The molecule has 1 nitrogen and oxygen atoms in total. The molecule has 0 aliphatic carbocycles. The van der Waals surface area contributed by atoms with E-state index >= 15 is 0 Å². The van der Waals surface area contributed by atoms with E-state index in [0.29, 0.717) is 5.41 Å². The Hall–Kier alpha value is -0.0400. The molecule has 0 aromatic heterocycles. The van der Waals surface area contributed by atoms with Crippen molar-refractivity contribution in [2.75, 3.05) is 6.54 Å². The van der Waals surface area contributed by atoms with Gasteiger partial charge in [-0.2, -0.15) is 0 Å². The minimum atomic E-state index is 0.508. The fourth-order valence-electron chi connectivity index (χ4n) is 2.70. The molecular weight excluding hydrogens is 182 g/mol. The van der Waals surface area contributed by atoms with Gasteiger partial charge in [-0.3, -0.25) is 0 Å².